The number of esters is 1. The zero-order chi connectivity index (χ0) is 19.3. The van der Waals surface area contributed by atoms with Crippen LogP contribution >= 0.6 is 23.1 Å². The van der Waals surface area contributed by atoms with Gasteiger partial charge >= 0.3 is 5.97 Å². The number of aromatic nitrogens is 4. The first-order valence-electron chi connectivity index (χ1n) is 8.67. The van der Waals surface area contributed by atoms with Crippen molar-refractivity contribution in [1.82, 2.24) is 20.0 Å². The van der Waals surface area contributed by atoms with Crippen LogP contribution in [0.15, 0.2) is 57.7 Å². The third kappa shape index (κ3) is 4.20. The van der Waals surface area contributed by atoms with Crippen molar-refractivity contribution < 1.29 is 9.53 Å². The van der Waals surface area contributed by atoms with Gasteiger partial charge in [0.1, 0.15) is 5.52 Å². The summed E-state index contributed by atoms with van der Waals surface area (Å²) in [5.41, 5.74) is 1.18. The Morgan fingerprint density at radius 1 is 1.11 bits per heavy atom. The molecule has 2 aromatic carbocycles. The summed E-state index contributed by atoms with van der Waals surface area (Å²) in [4.78, 5) is 28.8. The average Bonchev–Trinajstić information content (AvgIpc) is 3.14. The Morgan fingerprint density at radius 2 is 1.89 bits per heavy atom. The van der Waals surface area contributed by atoms with E-state index in [0.29, 0.717) is 17.3 Å². The van der Waals surface area contributed by atoms with Gasteiger partial charge in [-0.15, -0.1) is 16.4 Å². The number of hydrogen-bond acceptors (Lipinski definition) is 8. The summed E-state index contributed by atoms with van der Waals surface area (Å²) in [6.07, 6.45) is 0.936. The Bertz CT molecular complexity index is 1160. The van der Waals surface area contributed by atoms with Gasteiger partial charge in [-0.25, -0.2) is 4.98 Å². The molecule has 4 aromatic rings. The molecule has 0 fully saturated rings. The van der Waals surface area contributed by atoms with Crippen molar-refractivity contribution in [2.45, 2.75) is 23.9 Å². The average molecular weight is 412 g/mol. The van der Waals surface area contributed by atoms with E-state index in [2.05, 4.69) is 15.3 Å². The van der Waals surface area contributed by atoms with E-state index >= 15 is 0 Å². The van der Waals surface area contributed by atoms with Crippen LogP contribution in [0.25, 0.3) is 21.1 Å². The first-order valence-corrected chi connectivity index (χ1v) is 10.5. The molecule has 0 radical (unpaired) electrons. The molecule has 0 aliphatic carbocycles. The second kappa shape index (κ2) is 8.49. The highest BCUT2D eigenvalue weighted by Gasteiger charge is 2.09. The molecule has 0 bridgehead atoms. The summed E-state index contributed by atoms with van der Waals surface area (Å²) in [6, 6.07) is 14.9. The summed E-state index contributed by atoms with van der Waals surface area (Å²) in [5, 5.41) is 8.21. The highest BCUT2D eigenvalue weighted by Crippen LogP contribution is 2.29. The maximum absolute atomic E-state index is 12.3. The lowest BCUT2D eigenvalue weighted by Crippen LogP contribution is -2.26. The van der Waals surface area contributed by atoms with Crippen LogP contribution in [0.3, 0.4) is 0 Å². The number of hydrogen-bond donors (Lipinski definition) is 0. The molecule has 0 atom stereocenters. The summed E-state index contributed by atoms with van der Waals surface area (Å²) in [7, 11) is 0. The van der Waals surface area contributed by atoms with Crippen molar-refractivity contribution in [3.63, 3.8) is 0 Å². The number of rotatable bonds is 7. The van der Waals surface area contributed by atoms with Crippen LogP contribution in [-0.4, -0.2) is 31.7 Å². The molecule has 2 aromatic heterocycles. The Labute approximate surface area is 168 Å². The maximum atomic E-state index is 12.3. The summed E-state index contributed by atoms with van der Waals surface area (Å²) in [5.74, 6) is 0.400. The van der Waals surface area contributed by atoms with Crippen LogP contribution < -0.4 is 5.56 Å². The largest absolute Gasteiger partial charge is 0.442 e. The third-order valence-electron chi connectivity index (χ3n) is 4.00. The van der Waals surface area contributed by atoms with Gasteiger partial charge in [0.25, 0.3) is 5.56 Å². The zero-order valence-corrected chi connectivity index (χ0v) is 16.4. The van der Waals surface area contributed by atoms with Crippen molar-refractivity contribution in [2.75, 3.05) is 5.75 Å². The third-order valence-corrected chi connectivity index (χ3v) is 6.27. The Hall–Kier alpha value is -2.78. The smallest absolute Gasteiger partial charge is 0.307 e. The number of nitrogens with zero attached hydrogens (tertiary/aromatic N) is 4. The van der Waals surface area contributed by atoms with Gasteiger partial charge < -0.3 is 4.74 Å². The maximum Gasteiger partial charge on any atom is 0.307 e. The van der Waals surface area contributed by atoms with E-state index in [9.17, 15) is 9.59 Å². The molecule has 0 aliphatic rings. The van der Waals surface area contributed by atoms with Gasteiger partial charge in [-0.1, -0.05) is 41.2 Å². The number of para-hydroxylation sites is 1. The Balaban J connectivity index is 1.25. The quantitative estimate of drug-likeness (QED) is 0.261. The van der Waals surface area contributed by atoms with Gasteiger partial charge in [0, 0.05) is 12.2 Å². The van der Waals surface area contributed by atoms with Crippen LogP contribution in [-0.2, 0) is 16.3 Å². The van der Waals surface area contributed by atoms with E-state index in [-0.39, 0.29) is 24.7 Å². The fourth-order valence-corrected chi connectivity index (χ4v) is 4.68. The summed E-state index contributed by atoms with van der Waals surface area (Å²) in [6.45, 7) is -0.236. The van der Waals surface area contributed by atoms with Gasteiger partial charge in [-0.05, 0) is 30.7 Å². The minimum atomic E-state index is -0.369. The number of thiazole rings is 1. The predicted molar refractivity (Wildman–Crippen MR) is 109 cm³/mol. The number of fused-ring (bicyclic) bond motifs is 2. The molecule has 0 aliphatic heterocycles. The van der Waals surface area contributed by atoms with Crippen LogP contribution in [0.2, 0.25) is 0 Å². The molecular formula is C19H16N4O3S2. The molecule has 142 valence electrons. The van der Waals surface area contributed by atoms with E-state index < -0.39 is 0 Å². The molecule has 4 rings (SSSR count). The molecule has 0 N–H and O–H groups in total. The Kier molecular flexibility index (Phi) is 5.63. The van der Waals surface area contributed by atoms with Gasteiger partial charge in [-0.3, -0.25) is 9.59 Å². The molecule has 7 nitrogen and oxygen atoms in total. The van der Waals surface area contributed by atoms with E-state index in [1.54, 1.807) is 47.4 Å². The summed E-state index contributed by atoms with van der Waals surface area (Å²) >= 11 is 3.28. The van der Waals surface area contributed by atoms with Gasteiger partial charge in [0.15, 0.2) is 11.1 Å². The molecule has 0 amide bonds. The van der Waals surface area contributed by atoms with Crippen LogP contribution in [0.1, 0.15) is 12.8 Å². The summed E-state index contributed by atoms with van der Waals surface area (Å²) < 4.78 is 8.36. The first-order chi connectivity index (χ1) is 13.7. The van der Waals surface area contributed by atoms with E-state index in [0.717, 1.165) is 25.0 Å². The predicted octanol–water partition coefficient (Wildman–Crippen LogP) is 3.47. The second-order valence-corrected chi connectivity index (χ2v) is 8.33. The highest BCUT2D eigenvalue weighted by molar-refractivity contribution is 8.01. The molecule has 2 heterocycles. The fourth-order valence-electron chi connectivity index (χ4n) is 2.60. The second-order valence-electron chi connectivity index (χ2n) is 5.96. The molecule has 9 heteroatoms. The minimum Gasteiger partial charge on any atom is -0.442 e. The SMILES string of the molecule is O=C(CCCSc1nc2ccccc2s1)OCn1nnc2ccccc2c1=O. The highest BCUT2D eigenvalue weighted by atomic mass is 32.2. The standard InChI is InChI=1S/C19H16N4O3S2/c24-17(10-5-11-27-19-20-15-8-3-4-9-16(15)28-19)26-12-23-18(25)13-6-1-2-7-14(13)21-22-23/h1-4,6-9H,5,10-12H2. The van der Waals surface area contributed by atoms with Crippen LogP contribution in [0, 0.1) is 0 Å². The molecule has 0 spiro atoms. The minimum absolute atomic E-state index is 0.236. The van der Waals surface area contributed by atoms with Crippen molar-refractivity contribution in [3.8, 4) is 0 Å². The molecule has 0 saturated heterocycles. The topological polar surface area (TPSA) is 87.0 Å². The van der Waals surface area contributed by atoms with Crippen molar-refractivity contribution in [1.29, 1.82) is 0 Å². The number of thioether (sulfide) groups is 1. The fraction of sp³-hybridized carbons (Fsp3) is 0.211. The lowest BCUT2D eigenvalue weighted by molar-refractivity contribution is -0.148. The normalized spacial score (nSPS) is 11.1. The lowest BCUT2D eigenvalue weighted by Gasteiger charge is -2.06. The van der Waals surface area contributed by atoms with Crippen molar-refractivity contribution in [2.24, 2.45) is 0 Å². The number of carbonyl (C=O) groups excluding carboxylic acids is 1. The van der Waals surface area contributed by atoms with Gasteiger partial charge in [0.2, 0.25) is 0 Å². The van der Waals surface area contributed by atoms with Crippen molar-refractivity contribution >= 4 is 50.2 Å². The number of benzene rings is 2. The van der Waals surface area contributed by atoms with E-state index in [1.807, 2.05) is 24.3 Å². The first kappa shape index (κ1) is 18.6. The molecule has 28 heavy (non-hydrogen) atoms. The van der Waals surface area contributed by atoms with Crippen LogP contribution in [0.4, 0.5) is 0 Å². The Morgan fingerprint density at radius 3 is 2.75 bits per heavy atom. The van der Waals surface area contributed by atoms with E-state index in [4.69, 9.17) is 4.74 Å². The van der Waals surface area contributed by atoms with E-state index in [1.165, 1.54) is 0 Å². The van der Waals surface area contributed by atoms with Gasteiger partial charge in [0.05, 0.1) is 15.6 Å². The molecular weight excluding hydrogens is 396 g/mol. The monoisotopic (exact) mass is 412 g/mol. The number of carbonyl (C=O) groups is 1. The zero-order valence-electron chi connectivity index (χ0n) is 14.8. The van der Waals surface area contributed by atoms with Crippen LogP contribution in [0.5, 0.6) is 0 Å². The lowest BCUT2D eigenvalue weighted by atomic mass is 10.2. The van der Waals surface area contributed by atoms with Gasteiger partial charge in [-0.2, -0.15) is 4.68 Å². The number of ether oxygens (including phenoxy) is 1. The van der Waals surface area contributed by atoms with Crippen molar-refractivity contribution in [3.05, 3.63) is 58.9 Å². The molecule has 0 unspecified atom stereocenters. The molecule has 0 saturated carbocycles.